The van der Waals surface area contributed by atoms with E-state index in [-0.39, 0.29) is 5.12 Å². The zero-order valence-corrected chi connectivity index (χ0v) is 15.6. The smallest absolute Gasteiger partial charge is 0.244 e. The summed E-state index contributed by atoms with van der Waals surface area (Å²) < 4.78 is 6.32. The Morgan fingerprint density at radius 1 is 1.30 bits per heavy atom. The van der Waals surface area contributed by atoms with Gasteiger partial charge in [0.2, 0.25) is 5.12 Å². The molecule has 0 amide bonds. The van der Waals surface area contributed by atoms with Gasteiger partial charge in [-0.05, 0) is 49.6 Å². The van der Waals surface area contributed by atoms with E-state index in [1.165, 1.54) is 11.8 Å². The number of anilines is 1. The average Bonchev–Trinajstić information content (AvgIpc) is 2.89. The molecular formula is C17H22N2O2S2. The van der Waals surface area contributed by atoms with Gasteiger partial charge in [-0.1, -0.05) is 18.7 Å². The maximum absolute atomic E-state index is 12.0. The molecule has 6 heteroatoms. The number of carbonyl (C=O) groups is 1. The van der Waals surface area contributed by atoms with Crippen LogP contribution in [0.5, 0.6) is 5.75 Å². The number of benzene rings is 1. The van der Waals surface area contributed by atoms with Crippen molar-refractivity contribution in [2.75, 3.05) is 30.9 Å². The largest absolute Gasteiger partial charge is 0.496 e. The second-order valence-electron chi connectivity index (χ2n) is 4.83. The van der Waals surface area contributed by atoms with Gasteiger partial charge in [0, 0.05) is 30.4 Å². The van der Waals surface area contributed by atoms with E-state index < -0.39 is 0 Å². The molecule has 0 saturated carbocycles. The first-order chi connectivity index (χ1) is 11.1. The summed E-state index contributed by atoms with van der Waals surface area (Å²) in [6.07, 6.45) is 1.81. The summed E-state index contributed by atoms with van der Waals surface area (Å²) in [5, 5.41) is -0.00387. The third-order valence-corrected chi connectivity index (χ3v) is 5.40. The van der Waals surface area contributed by atoms with Crippen molar-refractivity contribution in [1.29, 1.82) is 0 Å². The molecule has 0 spiro atoms. The lowest BCUT2D eigenvalue weighted by molar-refractivity contribution is -0.107. The number of nitrogens with zero attached hydrogens (tertiary/aromatic N) is 2. The van der Waals surface area contributed by atoms with Gasteiger partial charge < -0.3 is 9.64 Å². The zero-order chi connectivity index (χ0) is 16.8. The number of thioether (sulfide) groups is 2. The Bertz CT molecular complexity index is 637. The van der Waals surface area contributed by atoms with Crippen molar-refractivity contribution < 1.29 is 9.53 Å². The van der Waals surface area contributed by atoms with Crippen LogP contribution in [0, 0.1) is 0 Å². The lowest BCUT2D eigenvalue weighted by Crippen LogP contribution is -2.21. The summed E-state index contributed by atoms with van der Waals surface area (Å²) in [6.45, 7) is 8.19. The molecule has 0 aromatic heterocycles. The minimum absolute atomic E-state index is 0.00387. The monoisotopic (exact) mass is 350 g/mol. The summed E-state index contributed by atoms with van der Waals surface area (Å²) in [6, 6.07) is 6.05. The highest BCUT2D eigenvalue weighted by Gasteiger charge is 2.22. The SMILES string of the molecule is CCSC1=NC(=Cc2ccc(N(CC)CC)cc2OC)C(=O)S1. The molecule has 4 nitrogen and oxygen atoms in total. The third-order valence-electron chi connectivity index (χ3n) is 3.51. The van der Waals surface area contributed by atoms with Gasteiger partial charge >= 0.3 is 0 Å². The van der Waals surface area contributed by atoms with Crippen LogP contribution < -0.4 is 9.64 Å². The van der Waals surface area contributed by atoms with Crippen LogP contribution in [-0.4, -0.2) is 35.4 Å². The van der Waals surface area contributed by atoms with Gasteiger partial charge in [-0.15, -0.1) is 0 Å². The van der Waals surface area contributed by atoms with E-state index in [2.05, 4.69) is 36.7 Å². The maximum Gasteiger partial charge on any atom is 0.244 e. The Labute approximate surface area is 146 Å². The van der Waals surface area contributed by atoms with Crippen molar-refractivity contribution in [2.45, 2.75) is 20.8 Å². The van der Waals surface area contributed by atoms with Crippen LogP contribution in [0.3, 0.4) is 0 Å². The Kier molecular flexibility index (Phi) is 6.59. The normalized spacial score (nSPS) is 15.9. The molecule has 0 fully saturated rings. The van der Waals surface area contributed by atoms with Crippen molar-refractivity contribution in [3.05, 3.63) is 29.5 Å². The van der Waals surface area contributed by atoms with Crippen LogP contribution >= 0.6 is 23.5 Å². The van der Waals surface area contributed by atoms with Gasteiger partial charge in [-0.3, -0.25) is 4.79 Å². The number of hydrogen-bond acceptors (Lipinski definition) is 6. The number of hydrogen-bond donors (Lipinski definition) is 0. The predicted octanol–water partition coefficient (Wildman–Crippen LogP) is 4.26. The van der Waals surface area contributed by atoms with E-state index >= 15 is 0 Å². The third kappa shape index (κ3) is 4.32. The molecule has 1 aliphatic rings. The summed E-state index contributed by atoms with van der Waals surface area (Å²) in [7, 11) is 1.65. The van der Waals surface area contributed by atoms with Crippen molar-refractivity contribution in [2.24, 2.45) is 4.99 Å². The molecule has 23 heavy (non-hydrogen) atoms. The number of aliphatic imine (C=N–C) groups is 1. The van der Waals surface area contributed by atoms with Crippen molar-refractivity contribution in [3.63, 3.8) is 0 Å². The van der Waals surface area contributed by atoms with E-state index in [0.29, 0.717) is 5.70 Å². The molecule has 0 atom stereocenters. The van der Waals surface area contributed by atoms with Crippen LogP contribution in [0.4, 0.5) is 5.69 Å². The molecule has 0 unspecified atom stereocenters. The zero-order valence-electron chi connectivity index (χ0n) is 14.0. The average molecular weight is 351 g/mol. The summed E-state index contributed by atoms with van der Waals surface area (Å²) in [5.74, 6) is 1.67. The van der Waals surface area contributed by atoms with Crippen molar-refractivity contribution >= 4 is 44.8 Å². The second-order valence-corrected chi connectivity index (χ2v) is 7.30. The van der Waals surface area contributed by atoms with Crippen molar-refractivity contribution in [3.8, 4) is 5.75 Å². The summed E-state index contributed by atoms with van der Waals surface area (Å²) in [4.78, 5) is 18.7. The van der Waals surface area contributed by atoms with Crippen molar-refractivity contribution in [1.82, 2.24) is 0 Å². The first-order valence-electron chi connectivity index (χ1n) is 7.71. The Hall–Kier alpha value is -1.40. The maximum atomic E-state index is 12.0. The number of carbonyl (C=O) groups excluding carboxylic acids is 1. The second kappa shape index (κ2) is 8.45. The number of ether oxygens (including phenoxy) is 1. The number of methoxy groups -OCH3 is 1. The van der Waals surface area contributed by atoms with Gasteiger partial charge in [-0.25, -0.2) is 4.99 Å². The Balaban J connectivity index is 2.33. The van der Waals surface area contributed by atoms with E-state index in [0.717, 1.165) is 40.2 Å². The molecule has 0 radical (unpaired) electrons. The molecule has 1 aromatic carbocycles. The highest BCUT2D eigenvalue weighted by molar-refractivity contribution is 8.45. The van der Waals surface area contributed by atoms with E-state index in [1.54, 1.807) is 18.9 Å². The predicted molar refractivity (Wildman–Crippen MR) is 103 cm³/mol. The van der Waals surface area contributed by atoms with Crippen LogP contribution in [0.25, 0.3) is 6.08 Å². The molecule has 0 aliphatic carbocycles. The lowest BCUT2D eigenvalue weighted by Gasteiger charge is -2.22. The van der Waals surface area contributed by atoms with E-state index in [9.17, 15) is 4.79 Å². The molecule has 2 rings (SSSR count). The first kappa shape index (κ1) is 17.9. The number of rotatable bonds is 6. The van der Waals surface area contributed by atoms with E-state index in [1.807, 2.05) is 18.2 Å². The summed E-state index contributed by atoms with van der Waals surface area (Å²) >= 11 is 2.80. The van der Waals surface area contributed by atoms with Crippen LogP contribution in [0.1, 0.15) is 26.3 Å². The first-order valence-corrected chi connectivity index (χ1v) is 9.51. The standard InChI is InChI=1S/C17H22N2O2S2/c1-5-19(6-2)13-9-8-12(15(11-13)21-4)10-14-16(20)23-17(18-14)22-7-3/h8-11H,5-7H2,1-4H3. The fourth-order valence-electron chi connectivity index (χ4n) is 2.33. The fraction of sp³-hybridized carbons (Fsp3) is 0.412. The minimum atomic E-state index is -0.00387. The highest BCUT2D eigenvalue weighted by atomic mass is 32.2. The molecule has 0 N–H and O–H groups in total. The molecular weight excluding hydrogens is 328 g/mol. The highest BCUT2D eigenvalue weighted by Crippen LogP contribution is 2.33. The molecule has 124 valence electrons. The van der Waals surface area contributed by atoms with E-state index in [4.69, 9.17) is 4.74 Å². The van der Waals surface area contributed by atoms with Crippen LogP contribution in [-0.2, 0) is 4.79 Å². The fourth-order valence-corrected chi connectivity index (χ4v) is 4.06. The van der Waals surface area contributed by atoms with Gasteiger partial charge in [0.15, 0.2) is 0 Å². The molecule has 0 bridgehead atoms. The minimum Gasteiger partial charge on any atom is -0.496 e. The molecule has 1 aromatic rings. The summed E-state index contributed by atoms with van der Waals surface area (Å²) in [5.41, 5.74) is 2.48. The lowest BCUT2D eigenvalue weighted by atomic mass is 10.1. The Morgan fingerprint density at radius 3 is 2.65 bits per heavy atom. The molecule has 1 aliphatic heterocycles. The van der Waals surface area contributed by atoms with Crippen LogP contribution in [0.15, 0.2) is 28.9 Å². The van der Waals surface area contributed by atoms with Gasteiger partial charge in [0.05, 0.1) is 7.11 Å². The molecule has 0 saturated heterocycles. The van der Waals surface area contributed by atoms with Gasteiger partial charge in [-0.2, -0.15) is 0 Å². The Morgan fingerprint density at radius 2 is 2.04 bits per heavy atom. The van der Waals surface area contributed by atoms with Crippen LogP contribution in [0.2, 0.25) is 0 Å². The van der Waals surface area contributed by atoms with Gasteiger partial charge in [0.1, 0.15) is 15.8 Å². The molecule has 1 heterocycles. The topological polar surface area (TPSA) is 41.9 Å². The quantitative estimate of drug-likeness (QED) is 0.717. The van der Waals surface area contributed by atoms with Gasteiger partial charge in [0.25, 0.3) is 0 Å².